The van der Waals surface area contributed by atoms with Crippen molar-refractivity contribution >= 4 is 6.03 Å². The second-order valence-corrected chi connectivity index (χ2v) is 5.07. The molecule has 2 aliphatic rings. The lowest BCUT2D eigenvalue weighted by atomic mass is 9.92. The molecule has 1 saturated heterocycles. The lowest BCUT2D eigenvalue weighted by Crippen LogP contribution is -2.48. The van der Waals surface area contributed by atoms with Crippen molar-refractivity contribution in [2.45, 2.75) is 39.2 Å². The van der Waals surface area contributed by atoms with Crippen molar-refractivity contribution in [2.75, 3.05) is 13.1 Å². The Morgan fingerprint density at radius 3 is 2.29 bits per heavy atom. The van der Waals surface area contributed by atoms with Crippen LogP contribution in [0.15, 0.2) is 0 Å². The number of likely N-dealkylation sites (tertiary alicyclic amines) is 1. The first kappa shape index (κ1) is 9.81. The molecule has 1 aliphatic heterocycles. The molecule has 1 N–H and O–H groups in total. The van der Waals surface area contributed by atoms with Crippen LogP contribution < -0.4 is 5.32 Å². The summed E-state index contributed by atoms with van der Waals surface area (Å²) < 4.78 is 0. The molecule has 0 aromatic heterocycles. The number of carbonyl (C=O) groups excluding carboxylic acids is 1. The standard InChI is InChI=1S/C11H20N2O/c1-8-5-9(2)7-13(6-8)11(14)12-10-3-4-10/h8-10H,3-7H2,1-2H3,(H,12,14). The Morgan fingerprint density at radius 1 is 1.21 bits per heavy atom. The van der Waals surface area contributed by atoms with E-state index in [1.165, 1.54) is 19.3 Å². The van der Waals surface area contributed by atoms with Gasteiger partial charge in [0.25, 0.3) is 0 Å². The van der Waals surface area contributed by atoms with Gasteiger partial charge >= 0.3 is 6.03 Å². The third kappa shape index (κ3) is 2.40. The molecule has 14 heavy (non-hydrogen) atoms. The van der Waals surface area contributed by atoms with Gasteiger partial charge in [-0.1, -0.05) is 13.8 Å². The summed E-state index contributed by atoms with van der Waals surface area (Å²) >= 11 is 0. The number of carbonyl (C=O) groups is 1. The van der Waals surface area contributed by atoms with Crippen molar-refractivity contribution in [2.24, 2.45) is 11.8 Å². The van der Waals surface area contributed by atoms with Crippen molar-refractivity contribution in [3.63, 3.8) is 0 Å². The van der Waals surface area contributed by atoms with Crippen LogP contribution in [0.3, 0.4) is 0 Å². The van der Waals surface area contributed by atoms with Crippen molar-refractivity contribution in [1.82, 2.24) is 10.2 Å². The van der Waals surface area contributed by atoms with Crippen molar-refractivity contribution < 1.29 is 4.79 Å². The van der Waals surface area contributed by atoms with Crippen LogP contribution >= 0.6 is 0 Å². The van der Waals surface area contributed by atoms with E-state index >= 15 is 0 Å². The SMILES string of the molecule is CC1CC(C)CN(C(=O)NC2CC2)C1. The van der Waals surface area contributed by atoms with Crippen LogP contribution in [0.2, 0.25) is 0 Å². The molecule has 1 aliphatic carbocycles. The van der Waals surface area contributed by atoms with Crippen LogP contribution in [0, 0.1) is 11.8 Å². The summed E-state index contributed by atoms with van der Waals surface area (Å²) in [6, 6.07) is 0.640. The fourth-order valence-electron chi connectivity index (χ4n) is 2.32. The largest absolute Gasteiger partial charge is 0.335 e. The second kappa shape index (κ2) is 3.79. The van der Waals surface area contributed by atoms with Gasteiger partial charge in [0.05, 0.1) is 0 Å². The minimum atomic E-state index is 0.158. The van der Waals surface area contributed by atoms with E-state index in [4.69, 9.17) is 0 Å². The first-order chi connectivity index (χ1) is 6.65. The van der Waals surface area contributed by atoms with Crippen LogP contribution in [0.25, 0.3) is 0 Å². The summed E-state index contributed by atoms with van der Waals surface area (Å²) in [6.45, 7) is 6.33. The van der Waals surface area contributed by atoms with E-state index < -0.39 is 0 Å². The van der Waals surface area contributed by atoms with Crippen molar-refractivity contribution in [1.29, 1.82) is 0 Å². The highest BCUT2D eigenvalue weighted by Crippen LogP contribution is 2.23. The van der Waals surface area contributed by atoms with Gasteiger partial charge in [-0.3, -0.25) is 0 Å². The van der Waals surface area contributed by atoms with Crippen LogP contribution in [-0.2, 0) is 0 Å². The summed E-state index contributed by atoms with van der Waals surface area (Å²) in [5.74, 6) is 1.31. The van der Waals surface area contributed by atoms with Crippen molar-refractivity contribution in [3.8, 4) is 0 Å². The molecule has 3 heteroatoms. The Balaban J connectivity index is 1.85. The number of hydrogen-bond donors (Lipinski definition) is 1. The normalized spacial score (nSPS) is 32.9. The minimum Gasteiger partial charge on any atom is -0.335 e. The summed E-state index contributed by atoms with van der Waals surface area (Å²) in [6.07, 6.45) is 3.60. The summed E-state index contributed by atoms with van der Waals surface area (Å²) in [4.78, 5) is 13.7. The maximum absolute atomic E-state index is 11.8. The van der Waals surface area contributed by atoms with E-state index in [0.717, 1.165) is 13.1 Å². The molecule has 0 aromatic rings. The zero-order chi connectivity index (χ0) is 10.1. The van der Waals surface area contributed by atoms with Crippen LogP contribution in [0.5, 0.6) is 0 Å². The molecule has 2 fully saturated rings. The molecule has 2 unspecified atom stereocenters. The number of nitrogens with one attached hydrogen (secondary N) is 1. The monoisotopic (exact) mass is 196 g/mol. The molecule has 0 bridgehead atoms. The quantitative estimate of drug-likeness (QED) is 0.682. The van der Waals surface area contributed by atoms with E-state index in [-0.39, 0.29) is 6.03 Å². The van der Waals surface area contributed by atoms with Gasteiger partial charge in [0.15, 0.2) is 0 Å². The van der Waals surface area contributed by atoms with Crippen LogP contribution in [-0.4, -0.2) is 30.1 Å². The molecule has 3 nitrogen and oxygen atoms in total. The molecule has 0 spiro atoms. The van der Waals surface area contributed by atoms with Crippen molar-refractivity contribution in [3.05, 3.63) is 0 Å². The lowest BCUT2D eigenvalue weighted by Gasteiger charge is -2.34. The minimum absolute atomic E-state index is 0.158. The Morgan fingerprint density at radius 2 is 1.79 bits per heavy atom. The number of rotatable bonds is 1. The molecular weight excluding hydrogens is 176 g/mol. The fourth-order valence-corrected chi connectivity index (χ4v) is 2.32. The van der Waals surface area contributed by atoms with E-state index in [0.29, 0.717) is 17.9 Å². The predicted molar refractivity (Wildman–Crippen MR) is 56.1 cm³/mol. The van der Waals surface area contributed by atoms with Crippen LogP contribution in [0.4, 0.5) is 4.79 Å². The van der Waals surface area contributed by atoms with E-state index in [9.17, 15) is 4.79 Å². The van der Waals surface area contributed by atoms with Gasteiger partial charge in [-0.25, -0.2) is 4.79 Å². The molecule has 1 heterocycles. The summed E-state index contributed by atoms with van der Waals surface area (Å²) in [5.41, 5.74) is 0. The Bertz CT molecular complexity index is 215. The summed E-state index contributed by atoms with van der Waals surface area (Å²) in [7, 11) is 0. The van der Waals surface area contributed by atoms with Gasteiger partial charge in [-0.2, -0.15) is 0 Å². The highest BCUT2D eigenvalue weighted by atomic mass is 16.2. The zero-order valence-electron chi connectivity index (χ0n) is 9.12. The molecule has 80 valence electrons. The number of nitrogens with zero attached hydrogens (tertiary/aromatic N) is 1. The Kier molecular flexibility index (Phi) is 2.66. The Hall–Kier alpha value is -0.730. The van der Waals surface area contributed by atoms with E-state index in [2.05, 4.69) is 19.2 Å². The molecule has 0 radical (unpaired) electrons. The fraction of sp³-hybridized carbons (Fsp3) is 0.909. The number of urea groups is 1. The van der Waals surface area contributed by atoms with E-state index in [1.807, 2.05) is 4.90 Å². The van der Waals surface area contributed by atoms with Gasteiger partial charge in [-0.05, 0) is 31.1 Å². The number of piperidine rings is 1. The molecular formula is C11H20N2O. The van der Waals surface area contributed by atoms with Gasteiger partial charge in [0.1, 0.15) is 0 Å². The molecule has 2 atom stereocenters. The number of hydrogen-bond acceptors (Lipinski definition) is 1. The average Bonchev–Trinajstić information content (AvgIpc) is 2.86. The van der Waals surface area contributed by atoms with Gasteiger partial charge in [-0.15, -0.1) is 0 Å². The predicted octanol–water partition coefficient (Wildman–Crippen LogP) is 1.84. The smallest absolute Gasteiger partial charge is 0.317 e. The molecule has 2 amide bonds. The third-order valence-electron chi connectivity index (χ3n) is 3.06. The molecule has 0 aromatic carbocycles. The van der Waals surface area contributed by atoms with Gasteiger partial charge in [0.2, 0.25) is 0 Å². The highest BCUT2D eigenvalue weighted by Gasteiger charge is 2.29. The topological polar surface area (TPSA) is 32.3 Å². The third-order valence-corrected chi connectivity index (χ3v) is 3.06. The molecule has 2 rings (SSSR count). The maximum atomic E-state index is 11.8. The second-order valence-electron chi connectivity index (χ2n) is 5.07. The van der Waals surface area contributed by atoms with E-state index in [1.54, 1.807) is 0 Å². The van der Waals surface area contributed by atoms with Gasteiger partial charge < -0.3 is 10.2 Å². The average molecular weight is 196 g/mol. The first-order valence-electron chi connectivity index (χ1n) is 5.70. The summed E-state index contributed by atoms with van der Waals surface area (Å²) in [5, 5.41) is 3.05. The van der Waals surface area contributed by atoms with Crippen LogP contribution in [0.1, 0.15) is 33.1 Å². The lowest BCUT2D eigenvalue weighted by molar-refractivity contribution is 0.146. The molecule has 1 saturated carbocycles. The number of amides is 2. The zero-order valence-corrected chi connectivity index (χ0v) is 9.12. The van der Waals surface area contributed by atoms with Gasteiger partial charge in [0, 0.05) is 19.1 Å². The Labute approximate surface area is 85.8 Å². The maximum Gasteiger partial charge on any atom is 0.317 e. The highest BCUT2D eigenvalue weighted by molar-refractivity contribution is 5.75. The first-order valence-corrected chi connectivity index (χ1v) is 5.70.